The molecule has 49 heavy (non-hydrogen) atoms. The van der Waals surface area contributed by atoms with Gasteiger partial charge in [-0.15, -0.1) is 0 Å². The highest BCUT2D eigenvalue weighted by Crippen LogP contribution is 2.41. The summed E-state index contributed by atoms with van der Waals surface area (Å²) in [6.07, 6.45) is 6.64. The molecule has 0 amide bonds. The molecule has 2 nitrogen and oxygen atoms in total. The highest BCUT2D eigenvalue weighted by molar-refractivity contribution is 5.53. The van der Waals surface area contributed by atoms with Crippen molar-refractivity contribution in [2.45, 2.75) is 64.2 Å². The monoisotopic (exact) mass is 640 g/mol. The first-order chi connectivity index (χ1) is 24.3. The molecule has 0 N–H and O–H groups in total. The summed E-state index contributed by atoms with van der Waals surface area (Å²) in [7, 11) is 0. The van der Waals surface area contributed by atoms with Crippen LogP contribution >= 0.6 is 0 Å². The molecule has 246 valence electrons. The Balaban J connectivity index is 1.17. The Labute approximate surface area is 293 Å². The van der Waals surface area contributed by atoms with Crippen LogP contribution in [0.3, 0.4) is 0 Å². The lowest BCUT2D eigenvalue weighted by atomic mass is 9.73. The lowest BCUT2D eigenvalue weighted by Gasteiger charge is -2.32. The largest absolute Gasteiger partial charge is 0.363 e. The Kier molecular flexibility index (Phi) is 10.8. The lowest BCUT2D eigenvalue weighted by molar-refractivity contribution is 0.327. The van der Waals surface area contributed by atoms with Crippen molar-refractivity contribution in [2.24, 2.45) is 5.92 Å². The highest BCUT2D eigenvalue weighted by atomic mass is 15.1. The lowest BCUT2D eigenvalue weighted by Crippen LogP contribution is -2.23. The number of anilines is 2. The van der Waals surface area contributed by atoms with Crippen molar-refractivity contribution in [1.29, 1.82) is 0 Å². The standard InChI is InChI=1S/C47H48N2/c1-6-16-38(17-7-1)34-48(35-39-18-8-2-9-19-39)45-30-26-43(27-31-45)47(42-24-14-5-15-25-42)44-28-32-46(33-29-44)49(36-40-20-10-3-11-21-40)37-41-22-12-4-13-23-41/h1-4,6-13,16-23,26-33,42,47H,5,14-15,24-25,34-37H2. The third kappa shape index (κ3) is 8.69. The summed E-state index contributed by atoms with van der Waals surface area (Å²) in [5.74, 6) is 1.07. The van der Waals surface area contributed by atoms with Crippen molar-refractivity contribution in [3.05, 3.63) is 203 Å². The molecule has 0 aromatic heterocycles. The highest BCUT2D eigenvalue weighted by Gasteiger charge is 2.27. The summed E-state index contributed by atoms with van der Waals surface area (Å²) in [6, 6.07) is 62.5. The fourth-order valence-corrected chi connectivity index (χ4v) is 7.68. The summed E-state index contributed by atoms with van der Waals surface area (Å²) in [5.41, 5.74) is 10.7. The SMILES string of the molecule is c1ccc(CN(Cc2ccccc2)c2ccc(C(c3ccc(N(Cc4ccccc4)Cc4ccccc4)cc3)C3CCCCC3)cc2)cc1. The minimum atomic E-state index is 0.400. The molecular weight excluding hydrogens is 593 g/mol. The second-order valence-electron chi connectivity index (χ2n) is 13.7. The molecule has 0 aliphatic heterocycles. The topological polar surface area (TPSA) is 6.48 Å². The van der Waals surface area contributed by atoms with Gasteiger partial charge in [-0.2, -0.15) is 0 Å². The first-order valence-electron chi connectivity index (χ1n) is 18.1. The van der Waals surface area contributed by atoms with E-state index >= 15 is 0 Å². The molecule has 0 unspecified atom stereocenters. The Morgan fingerprint density at radius 3 is 0.980 bits per heavy atom. The minimum absolute atomic E-state index is 0.400. The summed E-state index contributed by atoms with van der Waals surface area (Å²) >= 11 is 0. The van der Waals surface area contributed by atoms with E-state index < -0.39 is 0 Å². The molecule has 1 saturated carbocycles. The second kappa shape index (κ2) is 16.3. The normalized spacial score (nSPS) is 13.3. The van der Waals surface area contributed by atoms with E-state index in [-0.39, 0.29) is 0 Å². The zero-order chi connectivity index (χ0) is 33.1. The van der Waals surface area contributed by atoms with Crippen molar-refractivity contribution < 1.29 is 0 Å². The van der Waals surface area contributed by atoms with Crippen molar-refractivity contribution in [1.82, 2.24) is 0 Å². The number of hydrogen-bond donors (Lipinski definition) is 0. The molecule has 0 bridgehead atoms. The Hall–Kier alpha value is -5.08. The first-order valence-corrected chi connectivity index (χ1v) is 18.1. The van der Waals surface area contributed by atoms with Gasteiger partial charge in [0, 0.05) is 43.5 Å². The van der Waals surface area contributed by atoms with Gasteiger partial charge in [-0.05, 0) is 76.4 Å². The molecule has 6 aromatic rings. The van der Waals surface area contributed by atoms with E-state index in [1.54, 1.807) is 0 Å². The Morgan fingerprint density at radius 1 is 0.367 bits per heavy atom. The maximum Gasteiger partial charge on any atom is 0.0433 e. The van der Waals surface area contributed by atoms with Gasteiger partial charge in [-0.3, -0.25) is 0 Å². The smallest absolute Gasteiger partial charge is 0.0433 e. The van der Waals surface area contributed by atoms with Crippen LogP contribution in [0.4, 0.5) is 11.4 Å². The molecule has 6 aromatic carbocycles. The number of nitrogens with zero attached hydrogens (tertiary/aromatic N) is 2. The van der Waals surface area contributed by atoms with Gasteiger partial charge in [-0.25, -0.2) is 0 Å². The summed E-state index contributed by atoms with van der Waals surface area (Å²) in [6.45, 7) is 3.52. The first kappa shape index (κ1) is 32.5. The third-order valence-corrected chi connectivity index (χ3v) is 10.2. The maximum absolute atomic E-state index is 2.51. The summed E-state index contributed by atoms with van der Waals surface area (Å²) in [4.78, 5) is 5.01. The molecule has 1 fully saturated rings. The Morgan fingerprint density at radius 2 is 0.673 bits per heavy atom. The predicted octanol–water partition coefficient (Wildman–Crippen LogP) is 11.8. The molecule has 7 rings (SSSR count). The van der Waals surface area contributed by atoms with Gasteiger partial charge < -0.3 is 9.80 Å². The molecule has 0 heterocycles. The van der Waals surface area contributed by atoms with Crippen molar-refractivity contribution >= 4 is 11.4 Å². The van der Waals surface area contributed by atoms with Gasteiger partial charge >= 0.3 is 0 Å². The number of hydrogen-bond acceptors (Lipinski definition) is 2. The van der Waals surface area contributed by atoms with E-state index in [1.807, 2.05) is 0 Å². The summed E-state index contributed by atoms with van der Waals surface area (Å²) in [5, 5.41) is 0. The molecule has 1 aliphatic carbocycles. The van der Waals surface area contributed by atoms with E-state index in [0.717, 1.165) is 26.2 Å². The molecule has 1 aliphatic rings. The third-order valence-electron chi connectivity index (χ3n) is 10.2. The van der Waals surface area contributed by atoms with Gasteiger partial charge in [-0.1, -0.05) is 165 Å². The molecule has 2 heteroatoms. The quantitative estimate of drug-likeness (QED) is 0.124. The van der Waals surface area contributed by atoms with Crippen molar-refractivity contribution in [3.8, 4) is 0 Å². The predicted molar refractivity (Wildman–Crippen MR) is 207 cm³/mol. The molecule has 0 spiro atoms. The van der Waals surface area contributed by atoms with E-state index in [4.69, 9.17) is 0 Å². The van der Waals surface area contributed by atoms with Crippen LogP contribution in [0.25, 0.3) is 0 Å². The average molecular weight is 641 g/mol. The average Bonchev–Trinajstić information content (AvgIpc) is 3.17. The van der Waals surface area contributed by atoms with Gasteiger partial charge in [0.25, 0.3) is 0 Å². The zero-order valence-electron chi connectivity index (χ0n) is 28.6. The fourth-order valence-electron chi connectivity index (χ4n) is 7.68. The van der Waals surface area contributed by atoms with Crippen molar-refractivity contribution in [3.63, 3.8) is 0 Å². The van der Waals surface area contributed by atoms with Crippen LogP contribution in [0.1, 0.15) is 71.4 Å². The molecular formula is C47H48N2. The van der Waals surface area contributed by atoms with Crippen LogP contribution in [0.15, 0.2) is 170 Å². The van der Waals surface area contributed by atoms with E-state index in [2.05, 4.69) is 180 Å². The molecule has 0 atom stereocenters. The van der Waals surface area contributed by atoms with Crippen LogP contribution in [0.5, 0.6) is 0 Å². The molecule has 0 saturated heterocycles. The van der Waals surface area contributed by atoms with Crippen LogP contribution in [0, 0.1) is 5.92 Å². The second-order valence-corrected chi connectivity index (χ2v) is 13.7. The zero-order valence-corrected chi connectivity index (χ0v) is 28.6. The van der Waals surface area contributed by atoms with Gasteiger partial charge in [0.15, 0.2) is 0 Å². The van der Waals surface area contributed by atoms with Gasteiger partial charge in [0.1, 0.15) is 0 Å². The van der Waals surface area contributed by atoms with E-state index in [9.17, 15) is 0 Å². The fraction of sp³-hybridized carbons (Fsp3) is 0.234. The number of rotatable bonds is 13. The van der Waals surface area contributed by atoms with Crippen LogP contribution in [0.2, 0.25) is 0 Å². The van der Waals surface area contributed by atoms with Crippen molar-refractivity contribution in [2.75, 3.05) is 9.80 Å². The number of benzene rings is 6. The van der Waals surface area contributed by atoms with Crippen LogP contribution in [-0.2, 0) is 26.2 Å². The van der Waals surface area contributed by atoms with Crippen LogP contribution in [-0.4, -0.2) is 0 Å². The Bertz CT molecular complexity index is 1600. The minimum Gasteiger partial charge on any atom is -0.363 e. The van der Waals surface area contributed by atoms with E-state index in [0.29, 0.717) is 11.8 Å². The maximum atomic E-state index is 2.51. The van der Waals surface area contributed by atoms with Gasteiger partial charge in [0.05, 0.1) is 0 Å². The van der Waals surface area contributed by atoms with E-state index in [1.165, 1.54) is 76.9 Å². The summed E-state index contributed by atoms with van der Waals surface area (Å²) < 4.78 is 0. The van der Waals surface area contributed by atoms with Crippen LogP contribution < -0.4 is 9.80 Å². The van der Waals surface area contributed by atoms with Gasteiger partial charge in [0.2, 0.25) is 0 Å². The molecule has 0 radical (unpaired) electrons.